The molecule has 6 aliphatic rings. The van der Waals surface area contributed by atoms with E-state index in [4.69, 9.17) is 11.5 Å². The van der Waals surface area contributed by atoms with Gasteiger partial charge in [-0.3, -0.25) is 41.1 Å². The highest BCUT2D eigenvalue weighted by Gasteiger charge is 2.78. The lowest BCUT2D eigenvalue weighted by Crippen LogP contribution is -2.92. The Bertz CT molecular complexity index is 1370. The van der Waals surface area contributed by atoms with Crippen LogP contribution >= 0.6 is 0 Å². The van der Waals surface area contributed by atoms with Crippen LogP contribution < -0.4 is 32.4 Å². The first-order chi connectivity index (χ1) is 18.6. The van der Waals surface area contributed by atoms with Gasteiger partial charge in [0.25, 0.3) is 17.4 Å². The molecule has 1 saturated carbocycles. The molecule has 2 saturated heterocycles. The zero-order valence-corrected chi connectivity index (χ0v) is 21.5. The number of amides is 3. The minimum atomic E-state index is -2.54. The summed E-state index contributed by atoms with van der Waals surface area (Å²) in [5, 5.41) is 32.4. The Balaban J connectivity index is 1.19. The lowest BCUT2D eigenvalue weighted by molar-refractivity contribution is -0.674. The second-order valence-corrected chi connectivity index (χ2v) is 11.8. The van der Waals surface area contributed by atoms with E-state index in [2.05, 4.69) is 27.0 Å². The molecule has 7 rings (SSSR count). The minimum Gasteiger partial charge on any atom is -0.358 e. The van der Waals surface area contributed by atoms with Gasteiger partial charge in [-0.25, -0.2) is 9.89 Å². The summed E-state index contributed by atoms with van der Waals surface area (Å²) in [6, 6.07) is 3.15. The van der Waals surface area contributed by atoms with Crippen LogP contribution in [0.15, 0.2) is 18.2 Å². The number of nitrogens with two attached hydrogens (primary N) is 2. The van der Waals surface area contributed by atoms with Crippen LogP contribution in [0.2, 0.25) is 0 Å². The zero-order valence-electron chi connectivity index (χ0n) is 21.5. The van der Waals surface area contributed by atoms with Gasteiger partial charge in [-0.05, 0) is 48.3 Å². The van der Waals surface area contributed by atoms with Gasteiger partial charge in [0.05, 0.1) is 13.1 Å². The number of nitrogens with zero attached hydrogens (tertiary/aromatic N) is 2. The summed E-state index contributed by atoms with van der Waals surface area (Å²) in [5.74, 6) is -3.33. The quantitative estimate of drug-likeness (QED) is 0.105. The van der Waals surface area contributed by atoms with Gasteiger partial charge in [0.1, 0.15) is 12.1 Å². The third kappa shape index (κ3) is 3.11. The first-order valence-electron chi connectivity index (χ1n) is 13.6. The van der Waals surface area contributed by atoms with Gasteiger partial charge in [0.15, 0.2) is 6.04 Å². The fourth-order valence-corrected chi connectivity index (χ4v) is 7.84. The molecule has 2 spiro atoms. The van der Waals surface area contributed by atoms with Crippen molar-refractivity contribution in [3.8, 4) is 0 Å². The molecule has 10 N–H and O–H groups in total. The molecule has 39 heavy (non-hydrogen) atoms. The van der Waals surface area contributed by atoms with Crippen LogP contribution in [0.1, 0.15) is 60.0 Å². The number of fused-ring (bicyclic) bond motifs is 2. The molecule has 3 fully saturated rings. The Morgan fingerprint density at radius 3 is 2.59 bits per heavy atom. The first-order valence-corrected chi connectivity index (χ1v) is 13.6. The third-order valence-corrected chi connectivity index (χ3v) is 9.95. The summed E-state index contributed by atoms with van der Waals surface area (Å²) < 4.78 is 1.54. The molecule has 4 atom stereocenters. The largest absolute Gasteiger partial charge is 0.358 e. The van der Waals surface area contributed by atoms with Gasteiger partial charge >= 0.3 is 11.9 Å². The number of guanidine groups is 2. The molecule has 13 nitrogen and oxygen atoms in total. The van der Waals surface area contributed by atoms with Crippen LogP contribution in [0, 0.1) is 0 Å². The van der Waals surface area contributed by atoms with Crippen molar-refractivity contribution in [2.24, 2.45) is 11.5 Å². The number of likely N-dealkylation sites (tertiary alicyclic amines) is 1. The normalized spacial score (nSPS) is 33.2. The highest BCUT2D eigenvalue weighted by molar-refractivity contribution is 6.02. The standard InChI is InChI=1S/C26H32N8O5/c27-22-31-20-16(11-33-18(35)5-6-19(33)36)29-23(28)34-12-17(26(38,39)25(20,34)32-22)30-21(37)14-3-1-4-15-13(14)7-10-24(15)8-2-9-24/h1,3-4,16-17,20,38-39H,2,5-12H2,(H6,27,28,29,30,31,32,37)/p+2/t16-,17?,20-,25-/m0/s1. The van der Waals surface area contributed by atoms with Crippen molar-refractivity contribution in [1.29, 1.82) is 0 Å². The smallest absolute Gasteiger partial charge is 0.347 e. The van der Waals surface area contributed by atoms with Crippen LogP contribution in [-0.2, 0) is 21.4 Å². The lowest BCUT2D eigenvalue weighted by Gasteiger charge is -2.41. The van der Waals surface area contributed by atoms with E-state index in [-0.39, 0.29) is 61.0 Å². The molecule has 0 aromatic heterocycles. The van der Waals surface area contributed by atoms with Gasteiger partial charge in [0, 0.05) is 18.4 Å². The number of hydrogen-bond donors (Lipinski definition) is 8. The van der Waals surface area contributed by atoms with E-state index >= 15 is 0 Å². The van der Waals surface area contributed by atoms with E-state index in [1.807, 2.05) is 6.07 Å². The lowest BCUT2D eigenvalue weighted by atomic mass is 9.65. The summed E-state index contributed by atoms with van der Waals surface area (Å²) in [5.41, 5.74) is 13.8. The number of aliphatic hydroxyl groups is 2. The first kappa shape index (κ1) is 24.3. The molecule has 1 unspecified atom stereocenters. The number of benzene rings is 1. The van der Waals surface area contributed by atoms with Gasteiger partial charge in [-0.15, -0.1) is 0 Å². The maximum Gasteiger partial charge on any atom is 0.347 e. The van der Waals surface area contributed by atoms with Crippen molar-refractivity contribution >= 4 is 29.6 Å². The number of nitrogens with one attached hydrogen (secondary N) is 4. The van der Waals surface area contributed by atoms with Gasteiger partial charge in [-0.2, -0.15) is 0 Å². The van der Waals surface area contributed by atoms with Crippen molar-refractivity contribution in [2.75, 3.05) is 13.1 Å². The third-order valence-electron chi connectivity index (χ3n) is 9.95. The number of carbonyl (C=O) groups excluding carboxylic acids is 3. The van der Waals surface area contributed by atoms with E-state index in [0.717, 1.165) is 36.1 Å². The summed E-state index contributed by atoms with van der Waals surface area (Å²) >= 11 is 0. The van der Waals surface area contributed by atoms with Crippen LogP contribution in [0.3, 0.4) is 0 Å². The van der Waals surface area contributed by atoms with E-state index in [0.29, 0.717) is 5.56 Å². The molecular formula is C26H34N8O5+2. The molecule has 4 heterocycles. The topological polar surface area (TPSA) is 200 Å². The summed E-state index contributed by atoms with van der Waals surface area (Å²) in [4.78, 5) is 42.4. The predicted octanol–water partition coefficient (Wildman–Crippen LogP) is -4.64. The average molecular weight is 539 g/mol. The Hall–Kier alpha value is -3.71. The van der Waals surface area contributed by atoms with E-state index in [9.17, 15) is 24.6 Å². The molecule has 2 aliphatic carbocycles. The molecule has 1 aromatic carbocycles. The van der Waals surface area contributed by atoms with E-state index in [1.165, 1.54) is 12.0 Å². The highest BCUT2D eigenvalue weighted by Crippen LogP contribution is 2.53. The molecule has 4 aliphatic heterocycles. The van der Waals surface area contributed by atoms with Gasteiger partial charge in [-0.1, -0.05) is 18.6 Å². The Kier molecular flexibility index (Phi) is 4.94. The second kappa shape index (κ2) is 7.92. The maximum atomic E-state index is 13.6. The molecule has 0 bridgehead atoms. The van der Waals surface area contributed by atoms with Crippen molar-refractivity contribution in [3.63, 3.8) is 0 Å². The van der Waals surface area contributed by atoms with E-state index in [1.54, 1.807) is 10.6 Å². The van der Waals surface area contributed by atoms with Crippen LogP contribution in [-0.4, -0.2) is 92.0 Å². The van der Waals surface area contributed by atoms with Crippen LogP contribution in [0.5, 0.6) is 0 Å². The molecule has 1 aromatic rings. The second-order valence-electron chi connectivity index (χ2n) is 11.8. The van der Waals surface area contributed by atoms with Gasteiger partial charge in [0.2, 0.25) is 11.8 Å². The SMILES string of the molecule is NC1=[NH+][C@H]2[C@H](CN3C(=O)CCC3=O)NC(N)=[N+]3CC(NC(=O)c4cccc5c4CCC54CCC4)C(O)(O)[C@]23N1. The fourth-order valence-electron chi connectivity index (χ4n) is 7.84. The summed E-state index contributed by atoms with van der Waals surface area (Å²) in [7, 11) is 0. The minimum absolute atomic E-state index is 0.0245. The number of rotatable bonds is 4. The predicted molar refractivity (Wildman–Crippen MR) is 136 cm³/mol. The number of imide groups is 1. The molecule has 206 valence electrons. The summed E-state index contributed by atoms with van der Waals surface area (Å²) in [6.45, 7) is -0.0606. The van der Waals surface area contributed by atoms with Crippen LogP contribution in [0.25, 0.3) is 0 Å². The Morgan fingerprint density at radius 1 is 1.15 bits per heavy atom. The van der Waals surface area contributed by atoms with Gasteiger partial charge < -0.3 is 15.5 Å². The van der Waals surface area contributed by atoms with Crippen molar-refractivity contribution in [3.05, 3.63) is 34.9 Å². The molecule has 3 amide bonds. The highest BCUT2D eigenvalue weighted by atomic mass is 16.5. The number of carbonyl (C=O) groups is 3. The number of hydrogen-bond acceptors (Lipinski definition) is 9. The van der Waals surface area contributed by atoms with Crippen molar-refractivity contribution in [2.45, 2.75) is 79.9 Å². The van der Waals surface area contributed by atoms with Crippen LogP contribution in [0.4, 0.5) is 0 Å². The zero-order chi connectivity index (χ0) is 27.3. The summed E-state index contributed by atoms with van der Waals surface area (Å²) in [6.07, 6.45) is 5.59. The monoisotopic (exact) mass is 538 g/mol. The Morgan fingerprint density at radius 2 is 1.90 bits per heavy atom. The van der Waals surface area contributed by atoms with E-state index < -0.39 is 29.6 Å². The van der Waals surface area contributed by atoms with Crippen molar-refractivity contribution < 1.29 is 34.2 Å². The fraction of sp³-hybridized carbons (Fsp3) is 0.577. The average Bonchev–Trinajstić information content (AvgIpc) is 3.58. The molecular weight excluding hydrogens is 504 g/mol. The maximum absolute atomic E-state index is 13.6. The molecule has 13 heteroatoms. The van der Waals surface area contributed by atoms with Crippen molar-refractivity contribution in [1.82, 2.24) is 20.9 Å². The molecule has 0 radical (unpaired) electrons. The Labute approximate surface area is 224 Å².